The number of nitrogens with one attached hydrogen (secondary N) is 1. The van der Waals surface area contributed by atoms with Gasteiger partial charge in [-0.2, -0.15) is 0 Å². The molecule has 0 aliphatic rings. The molecular weight excluding hydrogens is 246 g/mol. The molecule has 1 unspecified atom stereocenters. The third kappa shape index (κ3) is 8.80. The van der Waals surface area contributed by atoms with E-state index in [0.29, 0.717) is 0 Å². The van der Waals surface area contributed by atoms with E-state index in [2.05, 4.69) is 5.32 Å². The number of hydrogen-bond donors (Lipinski definition) is 2. The van der Waals surface area contributed by atoms with Crippen LogP contribution in [0.4, 0.5) is 4.79 Å². The average Bonchev–Trinajstić information content (AvgIpc) is 1.98. The summed E-state index contributed by atoms with van der Waals surface area (Å²) in [6, 6.07) is 0. The summed E-state index contributed by atoms with van der Waals surface area (Å²) in [5.74, 6) is -1.54. The molecule has 0 radical (unpaired) electrons. The molecule has 0 spiro atoms. The van der Waals surface area contributed by atoms with Gasteiger partial charge in [-0.05, 0) is 26.7 Å². The van der Waals surface area contributed by atoms with Crippen LogP contribution in [0, 0.1) is 11.8 Å². The van der Waals surface area contributed by atoms with Crippen molar-refractivity contribution >= 4 is 24.5 Å². The van der Waals surface area contributed by atoms with E-state index < -0.39 is 23.6 Å². The van der Waals surface area contributed by atoms with Gasteiger partial charge >= 0.3 is 12.1 Å². The first-order valence-electron chi connectivity index (χ1n) is 5.33. The van der Waals surface area contributed by atoms with Crippen LogP contribution in [0.25, 0.3) is 0 Å². The van der Waals surface area contributed by atoms with Gasteiger partial charge in [0.05, 0.1) is 5.92 Å². The summed E-state index contributed by atoms with van der Waals surface area (Å²) < 4.78 is 5.00. The van der Waals surface area contributed by atoms with Crippen LogP contribution in [0.5, 0.6) is 0 Å². The Labute approximate surface area is 108 Å². The number of halogens is 1. The van der Waals surface area contributed by atoms with E-state index >= 15 is 0 Å². The molecule has 0 rings (SSSR count). The smallest absolute Gasteiger partial charge is 0.407 e. The van der Waals surface area contributed by atoms with Crippen LogP contribution in [0.15, 0.2) is 0 Å². The average molecular weight is 268 g/mol. The fourth-order valence-corrected chi connectivity index (χ4v) is 1.12. The maximum Gasteiger partial charge on any atom is 0.407 e. The topological polar surface area (TPSA) is 75.6 Å². The van der Waals surface area contributed by atoms with E-state index in [4.69, 9.17) is 9.84 Å². The number of carboxylic acid groups (broad SMARTS) is 1. The molecule has 0 saturated heterocycles. The van der Waals surface area contributed by atoms with Gasteiger partial charge in [-0.15, -0.1) is 12.4 Å². The van der Waals surface area contributed by atoms with Gasteiger partial charge in [0.25, 0.3) is 0 Å². The molecule has 2 N–H and O–H groups in total. The molecular formula is C11H22ClNO4. The van der Waals surface area contributed by atoms with Gasteiger partial charge < -0.3 is 15.2 Å². The van der Waals surface area contributed by atoms with Crippen molar-refractivity contribution in [1.82, 2.24) is 5.32 Å². The predicted octanol–water partition coefficient (Wildman–Crippen LogP) is 2.29. The van der Waals surface area contributed by atoms with Crippen molar-refractivity contribution < 1.29 is 19.4 Å². The van der Waals surface area contributed by atoms with E-state index in [0.717, 1.165) is 0 Å². The number of carbonyl (C=O) groups excluding carboxylic acids is 1. The molecule has 0 aliphatic carbocycles. The van der Waals surface area contributed by atoms with Crippen molar-refractivity contribution in [3.63, 3.8) is 0 Å². The Hall–Kier alpha value is -0.970. The second kappa shape index (κ2) is 7.37. The third-order valence-electron chi connectivity index (χ3n) is 1.99. The first kappa shape index (κ1) is 18.4. The quantitative estimate of drug-likeness (QED) is 0.819. The second-order valence-electron chi connectivity index (χ2n) is 5.07. The van der Waals surface area contributed by atoms with Gasteiger partial charge in [0.1, 0.15) is 5.60 Å². The zero-order valence-corrected chi connectivity index (χ0v) is 11.8. The SMILES string of the molecule is CC(C)C(CNC(=O)OC(C)(C)C)C(=O)O.Cl. The van der Waals surface area contributed by atoms with E-state index in [1.165, 1.54) is 0 Å². The Balaban J connectivity index is 0. The zero-order chi connectivity index (χ0) is 12.9. The van der Waals surface area contributed by atoms with E-state index in [1.807, 2.05) is 0 Å². The Morgan fingerprint density at radius 3 is 2.06 bits per heavy atom. The van der Waals surface area contributed by atoms with Crippen LogP contribution in [0.2, 0.25) is 0 Å². The Bertz CT molecular complexity index is 261. The summed E-state index contributed by atoms with van der Waals surface area (Å²) in [4.78, 5) is 22.1. The summed E-state index contributed by atoms with van der Waals surface area (Å²) in [7, 11) is 0. The fourth-order valence-electron chi connectivity index (χ4n) is 1.12. The Morgan fingerprint density at radius 2 is 1.76 bits per heavy atom. The van der Waals surface area contributed by atoms with Crippen LogP contribution >= 0.6 is 12.4 Å². The molecule has 0 fully saturated rings. The summed E-state index contributed by atoms with van der Waals surface area (Å²) in [6.45, 7) is 8.95. The Kier molecular flexibility index (Phi) is 7.98. The van der Waals surface area contributed by atoms with Crippen molar-refractivity contribution in [2.45, 2.75) is 40.2 Å². The summed E-state index contributed by atoms with van der Waals surface area (Å²) in [5, 5.41) is 11.4. The molecule has 102 valence electrons. The van der Waals surface area contributed by atoms with Gasteiger partial charge in [-0.1, -0.05) is 13.8 Å². The number of ether oxygens (including phenoxy) is 1. The van der Waals surface area contributed by atoms with Gasteiger partial charge in [0.2, 0.25) is 0 Å². The maximum atomic E-state index is 11.3. The number of rotatable bonds is 4. The molecule has 0 aromatic heterocycles. The van der Waals surface area contributed by atoms with Crippen LogP contribution in [-0.4, -0.2) is 29.3 Å². The molecule has 1 atom stereocenters. The molecule has 0 saturated carbocycles. The largest absolute Gasteiger partial charge is 0.481 e. The third-order valence-corrected chi connectivity index (χ3v) is 1.99. The van der Waals surface area contributed by atoms with Gasteiger partial charge in [-0.3, -0.25) is 4.79 Å². The van der Waals surface area contributed by atoms with Crippen molar-refractivity contribution in [1.29, 1.82) is 0 Å². The number of amides is 1. The minimum atomic E-state index is -0.911. The Morgan fingerprint density at radius 1 is 1.29 bits per heavy atom. The number of hydrogen-bond acceptors (Lipinski definition) is 3. The number of alkyl carbamates (subject to hydrolysis) is 1. The zero-order valence-electron chi connectivity index (χ0n) is 10.9. The van der Waals surface area contributed by atoms with Crippen molar-refractivity contribution in [2.24, 2.45) is 11.8 Å². The van der Waals surface area contributed by atoms with Crippen molar-refractivity contribution in [3.05, 3.63) is 0 Å². The van der Waals surface area contributed by atoms with E-state index in [9.17, 15) is 9.59 Å². The maximum absolute atomic E-state index is 11.3. The first-order valence-corrected chi connectivity index (χ1v) is 5.33. The molecule has 0 aromatic carbocycles. The number of carboxylic acids is 1. The second-order valence-corrected chi connectivity index (χ2v) is 5.07. The normalized spacial score (nSPS) is 12.6. The highest BCUT2D eigenvalue weighted by molar-refractivity contribution is 5.85. The summed E-state index contributed by atoms with van der Waals surface area (Å²) in [5.41, 5.74) is -0.569. The van der Waals surface area contributed by atoms with Crippen LogP contribution in [0.3, 0.4) is 0 Å². The van der Waals surface area contributed by atoms with Crippen LogP contribution in [-0.2, 0) is 9.53 Å². The molecule has 0 aliphatic heterocycles. The molecule has 0 heterocycles. The van der Waals surface area contributed by atoms with Crippen molar-refractivity contribution in [2.75, 3.05) is 6.54 Å². The molecule has 1 amide bonds. The fraction of sp³-hybridized carbons (Fsp3) is 0.818. The lowest BCUT2D eigenvalue weighted by molar-refractivity contribution is -0.142. The van der Waals surface area contributed by atoms with Gasteiger partial charge in [0.15, 0.2) is 0 Å². The van der Waals surface area contributed by atoms with E-state index in [-0.39, 0.29) is 24.9 Å². The van der Waals surface area contributed by atoms with Crippen LogP contribution < -0.4 is 5.32 Å². The highest BCUT2D eigenvalue weighted by atomic mass is 35.5. The lowest BCUT2D eigenvalue weighted by atomic mass is 9.96. The molecule has 5 nitrogen and oxygen atoms in total. The first-order chi connectivity index (χ1) is 7.13. The predicted molar refractivity (Wildman–Crippen MR) is 67.4 cm³/mol. The highest BCUT2D eigenvalue weighted by Crippen LogP contribution is 2.11. The summed E-state index contributed by atoms with van der Waals surface area (Å²) in [6.07, 6.45) is -0.584. The van der Waals surface area contributed by atoms with Gasteiger partial charge in [0, 0.05) is 6.54 Å². The minimum absolute atomic E-state index is 0. The van der Waals surface area contributed by atoms with E-state index in [1.54, 1.807) is 34.6 Å². The molecule has 6 heteroatoms. The number of aliphatic carboxylic acids is 1. The molecule has 0 aromatic rings. The minimum Gasteiger partial charge on any atom is -0.481 e. The highest BCUT2D eigenvalue weighted by Gasteiger charge is 2.23. The monoisotopic (exact) mass is 267 g/mol. The molecule has 0 bridgehead atoms. The summed E-state index contributed by atoms with van der Waals surface area (Å²) >= 11 is 0. The number of carbonyl (C=O) groups is 2. The molecule has 17 heavy (non-hydrogen) atoms. The lowest BCUT2D eigenvalue weighted by Gasteiger charge is -2.21. The lowest BCUT2D eigenvalue weighted by Crippen LogP contribution is -2.38. The standard InChI is InChI=1S/C11H21NO4.ClH/c1-7(2)8(9(13)14)6-12-10(15)16-11(3,4)5;/h7-8H,6H2,1-5H3,(H,12,15)(H,13,14);1H. The van der Waals surface area contributed by atoms with Crippen molar-refractivity contribution in [3.8, 4) is 0 Å². The van der Waals surface area contributed by atoms with Gasteiger partial charge in [-0.25, -0.2) is 4.79 Å². The van der Waals surface area contributed by atoms with Crippen LogP contribution in [0.1, 0.15) is 34.6 Å².